The number of hydrogen-bond acceptors (Lipinski definition) is 2. The van der Waals surface area contributed by atoms with Crippen LogP contribution in [0.1, 0.15) is 71.9 Å². The van der Waals surface area contributed by atoms with Crippen LogP contribution in [-0.2, 0) is 4.79 Å². The van der Waals surface area contributed by atoms with Gasteiger partial charge in [0, 0.05) is 37.3 Å². The first kappa shape index (κ1) is 23.6. The highest BCUT2D eigenvalue weighted by Crippen LogP contribution is 2.44. The maximum absolute atomic E-state index is 14.7. The van der Waals surface area contributed by atoms with E-state index in [2.05, 4.69) is 76.9 Å². The molecule has 1 atom stereocenters. The lowest BCUT2D eigenvalue weighted by Gasteiger charge is -2.32. The number of nitrogens with one attached hydrogen (secondary N) is 1. The quantitative estimate of drug-likeness (QED) is 0.570. The molecule has 1 aromatic rings. The van der Waals surface area contributed by atoms with Crippen molar-refractivity contribution < 1.29 is 9.18 Å². The summed E-state index contributed by atoms with van der Waals surface area (Å²) in [7, 11) is 0. The van der Waals surface area contributed by atoms with Crippen LogP contribution in [0.25, 0.3) is 0 Å². The zero-order chi connectivity index (χ0) is 23.2. The van der Waals surface area contributed by atoms with E-state index in [0.29, 0.717) is 12.8 Å². The van der Waals surface area contributed by atoms with Gasteiger partial charge >= 0.3 is 0 Å². The molecule has 3 rings (SSSR count). The highest BCUT2D eigenvalue weighted by molar-refractivity contribution is 5.93. The van der Waals surface area contributed by atoms with E-state index in [1.807, 2.05) is 6.08 Å². The highest BCUT2D eigenvalue weighted by atomic mass is 19.1. The molecule has 170 valence electrons. The van der Waals surface area contributed by atoms with Crippen LogP contribution in [0, 0.1) is 24.7 Å². The van der Waals surface area contributed by atoms with Gasteiger partial charge in [-0.15, -0.1) is 0 Å². The maximum atomic E-state index is 14.7. The highest BCUT2D eigenvalue weighted by Gasteiger charge is 2.36. The standard InChI is InChI=1S/C27H39FN2O/c1-18-13-21(14-19(2)24(18)29-23(31)16-25(3,4)5)30-12-11-26(6,7)22-15-27(8,28)10-9-20(22)17-30/h9,13-15H,10-12,16-17H2,1-8H3,(H,29,31). The van der Waals surface area contributed by atoms with Gasteiger partial charge in [-0.2, -0.15) is 0 Å². The summed E-state index contributed by atoms with van der Waals surface area (Å²) in [5.74, 6) is 0.0550. The lowest BCUT2D eigenvalue weighted by Crippen LogP contribution is -2.27. The topological polar surface area (TPSA) is 32.3 Å². The summed E-state index contributed by atoms with van der Waals surface area (Å²) in [5.41, 5.74) is 5.27. The molecular formula is C27H39FN2O. The Labute approximate surface area is 187 Å². The zero-order valence-electron chi connectivity index (χ0n) is 20.6. The van der Waals surface area contributed by atoms with Gasteiger partial charge in [0.05, 0.1) is 0 Å². The van der Waals surface area contributed by atoms with E-state index in [-0.39, 0.29) is 16.7 Å². The maximum Gasteiger partial charge on any atom is 0.224 e. The fraction of sp³-hybridized carbons (Fsp3) is 0.593. The minimum atomic E-state index is -1.26. The van der Waals surface area contributed by atoms with Crippen LogP contribution >= 0.6 is 0 Å². The molecule has 0 saturated carbocycles. The largest absolute Gasteiger partial charge is 0.367 e. The number of carbonyl (C=O) groups excluding carboxylic acids is 1. The normalized spacial score (nSPS) is 23.5. The van der Waals surface area contributed by atoms with Crippen molar-refractivity contribution in [1.82, 2.24) is 0 Å². The van der Waals surface area contributed by atoms with Crippen molar-refractivity contribution in [2.75, 3.05) is 23.3 Å². The van der Waals surface area contributed by atoms with Gasteiger partial charge in [-0.3, -0.25) is 4.79 Å². The number of alkyl halides is 1. The van der Waals surface area contributed by atoms with E-state index in [1.54, 1.807) is 6.92 Å². The number of nitrogens with zero attached hydrogens (tertiary/aromatic N) is 1. The third-order valence-corrected chi connectivity index (χ3v) is 6.47. The average molecular weight is 427 g/mol. The molecule has 1 aliphatic carbocycles. The van der Waals surface area contributed by atoms with Gasteiger partial charge < -0.3 is 10.2 Å². The molecule has 0 spiro atoms. The minimum absolute atomic E-state index is 0.0423. The number of anilines is 2. The molecule has 2 aliphatic rings. The Balaban J connectivity index is 1.86. The number of hydrogen-bond donors (Lipinski definition) is 1. The van der Waals surface area contributed by atoms with Crippen molar-refractivity contribution in [1.29, 1.82) is 0 Å². The fourth-order valence-corrected chi connectivity index (χ4v) is 4.70. The number of rotatable bonds is 3. The van der Waals surface area contributed by atoms with Gasteiger partial charge in [-0.05, 0) is 78.5 Å². The van der Waals surface area contributed by atoms with Gasteiger partial charge in [0.2, 0.25) is 5.91 Å². The van der Waals surface area contributed by atoms with Gasteiger partial charge in [0.1, 0.15) is 5.67 Å². The summed E-state index contributed by atoms with van der Waals surface area (Å²) >= 11 is 0. The van der Waals surface area contributed by atoms with Crippen molar-refractivity contribution in [2.24, 2.45) is 10.8 Å². The predicted molar refractivity (Wildman–Crippen MR) is 130 cm³/mol. The molecule has 1 unspecified atom stereocenters. The molecule has 1 aliphatic heterocycles. The minimum Gasteiger partial charge on any atom is -0.367 e. The van der Waals surface area contributed by atoms with Crippen molar-refractivity contribution in [3.63, 3.8) is 0 Å². The molecule has 3 nitrogen and oxygen atoms in total. The van der Waals surface area contributed by atoms with Crippen LogP contribution in [0.2, 0.25) is 0 Å². The second-order valence-corrected chi connectivity index (χ2v) is 11.6. The molecule has 0 radical (unpaired) electrons. The third kappa shape index (κ3) is 5.58. The Bertz CT molecular complexity index is 908. The number of fused-ring (bicyclic) bond motifs is 1. The first-order chi connectivity index (χ1) is 14.2. The summed E-state index contributed by atoms with van der Waals surface area (Å²) in [6, 6.07) is 4.34. The number of halogens is 1. The second kappa shape index (κ2) is 8.11. The molecule has 4 heteroatoms. The molecule has 0 bridgehead atoms. The summed E-state index contributed by atoms with van der Waals surface area (Å²) in [4.78, 5) is 14.9. The predicted octanol–water partition coefficient (Wildman–Crippen LogP) is 6.90. The summed E-state index contributed by atoms with van der Waals surface area (Å²) < 4.78 is 14.7. The molecule has 1 heterocycles. The molecule has 0 aromatic heterocycles. The van der Waals surface area contributed by atoms with E-state index in [1.165, 1.54) is 5.57 Å². The van der Waals surface area contributed by atoms with Gasteiger partial charge in [-0.25, -0.2) is 4.39 Å². The summed E-state index contributed by atoms with van der Waals surface area (Å²) in [6.45, 7) is 18.2. The summed E-state index contributed by atoms with van der Waals surface area (Å²) in [5, 5.41) is 3.13. The van der Waals surface area contributed by atoms with Crippen molar-refractivity contribution in [3.8, 4) is 0 Å². The number of carbonyl (C=O) groups is 1. The first-order valence-electron chi connectivity index (χ1n) is 11.4. The van der Waals surface area contributed by atoms with Crippen LogP contribution in [-0.4, -0.2) is 24.7 Å². The Morgan fingerprint density at radius 2 is 1.77 bits per heavy atom. The Morgan fingerprint density at radius 1 is 1.16 bits per heavy atom. The Morgan fingerprint density at radius 3 is 2.35 bits per heavy atom. The lowest BCUT2D eigenvalue weighted by molar-refractivity contribution is -0.117. The Hall–Kier alpha value is -2.10. The van der Waals surface area contributed by atoms with Crippen LogP contribution in [0.15, 0.2) is 35.4 Å². The average Bonchev–Trinajstić information content (AvgIpc) is 2.72. The van der Waals surface area contributed by atoms with E-state index < -0.39 is 5.67 Å². The van der Waals surface area contributed by atoms with Crippen LogP contribution < -0.4 is 10.2 Å². The SMILES string of the molecule is Cc1cc(N2CCC(C)(C)C3=CC(C)(F)CC=C3C2)cc(C)c1NC(=O)CC(C)(C)C. The molecule has 1 aromatic carbocycles. The van der Waals surface area contributed by atoms with E-state index in [9.17, 15) is 9.18 Å². The molecule has 1 saturated heterocycles. The Kier molecular flexibility index (Phi) is 6.16. The van der Waals surface area contributed by atoms with Gasteiger partial charge in [0.15, 0.2) is 0 Å². The van der Waals surface area contributed by atoms with Gasteiger partial charge in [-0.1, -0.05) is 40.7 Å². The van der Waals surface area contributed by atoms with Crippen LogP contribution in [0.4, 0.5) is 15.8 Å². The monoisotopic (exact) mass is 426 g/mol. The summed E-state index contributed by atoms with van der Waals surface area (Å²) in [6.07, 6.45) is 5.85. The second-order valence-electron chi connectivity index (χ2n) is 11.6. The molecule has 1 N–H and O–H groups in total. The molecular weight excluding hydrogens is 387 g/mol. The van der Waals surface area contributed by atoms with Crippen molar-refractivity contribution >= 4 is 17.3 Å². The number of allylic oxidation sites excluding steroid dienone is 2. The fourth-order valence-electron chi connectivity index (χ4n) is 4.70. The number of benzene rings is 1. The first-order valence-corrected chi connectivity index (χ1v) is 11.4. The van der Waals surface area contributed by atoms with Crippen molar-refractivity contribution in [3.05, 3.63) is 46.6 Å². The van der Waals surface area contributed by atoms with Gasteiger partial charge in [0.25, 0.3) is 0 Å². The van der Waals surface area contributed by atoms with Crippen LogP contribution in [0.3, 0.4) is 0 Å². The number of amides is 1. The van der Waals surface area contributed by atoms with E-state index >= 15 is 0 Å². The molecule has 1 amide bonds. The van der Waals surface area contributed by atoms with Crippen molar-refractivity contribution in [2.45, 2.75) is 80.3 Å². The van der Waals surface area contributed by atoms with E-state index in [0.717, 1.165) is 47.6 Å². The molecule has 31 heavy (non-hydrogen) atoms. The zero-order valence-corrected chi connectivity index (χ0v) is 20.6. The van der Waals surface area contributed by atoms with E-state index in [4.69, 9.17) is 0 Å². The third-order valence-electron chi connectivity index (χ3n) is 6.47. The lowest BCUT2D eigenvalue weighted by atomic mass is 9.74. The van der Waals surface area contributed by atoms with Crippen LogP contribution in [0.5, 0.6) is 0 Å². The number of aryl methyl sites for hydroxylation is 2. The molecule has 1 fully saturated rings. The smallest absolute Gasteiger partial charge is 0.224 e.